The maximum Gasteiger partial charge on any atom is 0.189 e. The highest BCUT2D eigenvalue weighted by molar-refractivity contribution is 6.35. The van der Waals surface area contributed by atoms with Gasteiger partial charge in [-0.05, 0) is 42.3 Å². The van der Waals surface area contributed by atoms with E-state index in [0.29, 0.717) is 22.5 Å². The zero-order chi connectivity index (χ0) is 17.7. The molecule has 0 fully saturated rings. The quantitative estimate of drug-likeness (QED) is 0.627. The van der Waals surface area contributed by atoms with Gasteiger partial charge in [0.15, 0.2) is 5.96 Å². The van der Waals surface area contributed by atoms with Crippen LogP contribution in [0.1, 0.15) is 24.1 Å². The Morgan fingerprint density at radius 1 is 1.29 bits per heavy atom. The fourth-order valence-electron chi connectivity index (χ4n) is 2.18. The monoisotopic (exact) mass is 365 g/mol. The largest absolute Gasteiger partial charge is 0.370 e. The van der Waals surface area contributed by atoms with Gasteiger partial charge in [-0.25, -0.2) is 9.98 Å². The highest BCUT2D eigenvalue weighted by Gasteiger charge is 2.10. The van der Waals surface area contributed by atoms with Crippen molar-refractivity contribution in [1.29, 1.82) is 0 Å². The van der Waals surface area contributed by atoms with Crippen molar-refractivity contribution in [2.75, 3.05) is 19.0 Å². The third kappa shape index (κ3) is 5.01. The second-order valence-corrected chi connectivity index (χ2v) is 6.49. The van der Waals surface area contributed by atoms with Crippen LogP contribution in [0, 0.1) is 0 Å². The van der Waals surface area contributed by atoms with Gasteiger partial charge in [-0.15, -0.1) is 0 Å². The van der Waals surface area contributed by atoms with Gasteiger partial charge >= 0.3 is 0 Å². The van der Waals surface area contributed by atoms with E-state index in [4.69, 9.17) is 28.9 Å². The Bertz CT molecular complexity index is 731. The Balaban J connectivity index is 2.02. The molecule has 1 heterocycles. The Hall–Kier alpha value is -1.98. The number of nitrogens with zero attached hydrogens (tertiary/aromatic N) is 3. The maximum atomic E-state index is 6.21. The summed E-state index contributed by atoms with van der Waals surface area (Å²) >= 11 is 12.1. The van der Waals surface area contributed by atoms with Crippen molar-refractivity contribution in [2.45, 2.75) is 19.5 Å². The summed E-state index contributed by atoms with van der Waals surface area (Å²) in [5, 5.41) is 4.34. The Kier molecular flexibility index (Phi) is 6.29. The minimum absolute atomic E-state index is 0.0757. The summed E-state index contributed by atoms with van der Waals surface area (Å²) in [7, 11) is 3.89. The van der Waals surface area contributed by atoms with Gasteiger partial charge in [-0.3, -0.25) is 0 Å². The van der Waals surface area contributed by atoms with Crippen molar-refractivity contribution in [2.24, 2.45) is 10.7 Å². The Morgan fingerprint density at radius 3 is 2.71 bits per heavy atom. The minimum atomic E-state index is -0.0757. The smallest absolute Gasteiger partial charge is 0.189 e. The fourth-order valence-corrected chi connectivity index (χ4v) is 2.75. The number of hydrogen-bond donors (Lipinski definition) is 2. The molecule has 1 aromatic carbocycles. The van der Waals surface area contributed by atoms with Gasteiger partial charge in [-0.2, -0.15) is 0 Å². The molecule has 24 heavy (non-hydrogen) atoms. The van der Waals surface area contributed by atoms with E-state index in [1.165, 1.54) is 0 Å². The van der Waals surface area contributed by atoms with Crippen LogP contribution in [-0.2, 0) is 6.54 Å². The van der Waals surface area contributed by atoms with Crippen molar-refractivity contribution in [3.05, 3.63) is 57.7 Å². The average molecular weight is 366 g/mol. The molecule has 0 saturated carbocycles. The number of nitrogens with two attached hydrogens (primary N) is 1. The molecule has 0 aliphatic rings. The molecule has 2 aromatic rings. The van der Waals surface area contributed by atoms with E-state index in [1.54, 1.807) is 18.3 Å². The van der Waals surface area contributed by atoms with E-state index < -0.39 is 0 Å². The van der Waals surface area contributed by atoms with Gasteiger partial charge in [0.05, 0.1) is 12.6 Å². The van der Waals surface area contributed by atoms with E-state index in [-0.39, 0.29) is 6.04 Å². The highest BCUT2D eigenvalue weighted by Crippen LogP contribution is 2.25. The van der Waals surface area contributed by atoms with Crippen molar-refractivity contribution in [1.82, 2.24) is 10.3 Å². The molecule has 3 N–H and O–H groups in total. The number of hydrogen-bond acceptors (Lipinski definition) is 3. The molecule has 1 atom stereocenters. The molecular formula is C17H21Cl2N5. The van der Waals surface area contributed by atoms with Crippen LogP contribution < -0.4 is 16.0 Å². The molecule has 5 nitrogen and oxygen atoms in total. The first kappa shape index (κ1) is 18.4. The van der Waals surface area contributed by atoms with Crippen LogP contribution in [0.5, 0.6) is 0 Å². The topological polar surface area (TPSA) is 66.5 Å². The highest BCUT2D eigenvalue weighted by atomic mass is 35.5. The SMILES string of the molecule is CC(NC(N)=NCc1ccnc(N(C)C)c1)c1ccc(Cl)cc1Cl. The Labute approximate surface area is 152 Å². The molecule has 0 aliphatic heterocycles. The fraction of sp³-hybridized carbons (Fsp3) is 0.294. The van der Waals surface area contributed by atoms with Crippen LogP contribution >= 0.6 is 23.2 Å². The van der Waals surface area contributed by atoms with Gasteiger partial charge in [0.25, 0.3) is 0 Å². The number of anilines is 1. The van der Waals surface area contributed by atoms with E-state index in [2.05, 4.69) is 15.3 Å². The zero-order valence-electron chi connectivity index (χ0n) is 13.9. The molecule has 0 amide bonds. The van der Waals surface area contributed by atoms with Gasteiger partial charge in [0, 0.05) is 30.3 Å². The predicted molar refractivity (Wildman–Crippen MR) is 102 cm³/mol. The molecule has 1 unspecified atom stereocenters. The van der Waals surface area contributed by atoms with Crippen molar-refractivity contribution in [3.8, 4) is 0 Å². The maximum absolute atomic E-state index is 6.21. The van der Waals surface area contributed by atoms with Crippen LogP contribution in [0.3, 0.4) is 0 Å². The lowest BCUT2D eigenvalue weighted by atomic mass is 10.1. The first-order chi connectivity index (χ1) is 11.4. The summed E-state index contributed by atoms with van der Waals surface area (Å²) in [6.45, 7) is 2.44. The normalized spacial score (nSPS) is 12.8. The molecule has 128 valence electrons. The molecule has 0 radical (unpaired) electrons. The molecule has 1 aromatic heterocycles. The summed E-state index contributed by atoms with van der Waals surface area (Å²) in [5.41, 5.74) is 7.93. The number of aliphatic imine (C=N–C) groups is 1. The van der Waals surface area contributed by atoms with Crippen LogP contribution in [0.2, 0.25) is 10.0 Å². The van der Waals surface area contributed by atoms with Crippen molar-refractivity contribution >= 4 is 35.0 Å². The van der Waals surface area contributed by atoms with Gasteiger partial charge in [0.2, 0.25) is 0 Å². The first-order valence-electron chi connectivity index (χ1n) is 7.50. The lowest BCUT2D eigenvalue weighted by Gasteiger charge is -2.16. The lowest BCUT2D eigenvalue weighted by Crippen LogP contribution is -2.34. The van der Waals surface area contributed by atoms with E-state index in [9.17, 15) is 0 Å². The number of halogens is 2. The predicted octanol–water partition coefficient (Wildman–Crippen LogP) is 3.62. The van der Waals surface area contributed by atoms with Crippen LogP contribution in [0.25, 0.3) is 0 Å². The second kappa shape index (κ2) is 8.22. The number of aromatic nitrogens is 1. The number of benzene rings is 1. The van der Waals surface area contributed by atoms with E-state index >= 15 is 0 Å². The number of guanidine groups is 1. The summed E-state index contributed by atoms with van der Waals surface area (Å²) in [6, 6.07) is 9.22. The van der Waals surface area contributed by atoms with Crippen molar-refractivity contribution in [3.63, 3.8) is 0 Å². The van der Waals surface area contributed by atoms with Crippen molar-refractivity contribution < 1.29 is 0 Å². The summed E-state index contributed by atoms with van der Waals surface area (Å²) in [5.74, 6) is 1.24. The summed E-state index contributed by atoms with van der Waals surface area (Å²) in [6.07, 6.45) is 1.76. The van der Waals surface area contributed by atoms with Crippen LogP contribution in [-0.4, -0.2) is 25.0 Å². The second-order valence-electron chi connectivity index (χ2n) is 5.65. The van der Waals surface area contributed by atoms with Crippen LogP contribution in [0.15, 0.2) is 41.5 Å². The van der Waals surface area contributed by atoms with Gasteiger partial charge in [0.1, 0.15) is 5.82 Å². The molecule has 0 saturated heterocycles. The number of nitrogens with one attached hydrogen (secondary N) is 1. The zero-order valence-corrected chi connectivity index (χ0v) is 15.4. The molecule has 7 heteroatoms. The molecular weight excluding hydrogens is 345 g/mol. The number of rotatable bonds is 5. The molecule has 0 aliphatic carbocycles. The van der Waals surface area contributed by atoms with E-state index in [1.807, 2.05) is 44.1 Å². The lowest BCUT2D eigenvalue weighted by molar-refractivity contribution is 0.708. The van der Waals surface area contributed by atoms with Gasteiger partial charge in [-0.1, -0.05) is 29.3 Å². The van der Waals surface area contributed by atoms with Crippen LogP contribution in [0.4, 0.5) is 5.82 Å². The minimum Gasteiger partial charge on any atom is -0.370 e. The average Bonchev–Trinajstić information content (AvgIpc) is 2.53. The van der Waals surface area contributed by atoms with Gasteiger partial charge < -0.3 is 16.0 Å². The number of pyridine rings is 1. The molecule has 0 spiro atoms. The summed E-state index contributed by atoms with van der Waals surface area (Å²) < 4.78 is 0. The Morgan fingerprint density at radius 2 is 2.04 bits per heavy atom. The molecule has 0 bridgehead atoms. The first-order valence-corrected chi connectivity index (χ1v) is 8.26. The van der Waals surface area contributed by atoms with E-state index in [0.717, 1.165) is 16.9 Å². The summed E-state index contributed by atoms with van der Waals surface area (Å²) in [4.78, 5) is 10.6. The molecule has 2 rings (SSSR count). The standard InChI is InChI=1S/C17H21Cl2N5/c1-11(14-5-4-13(18)9-15(14)19)23-17(20)22-10-12-6-7-21-16(8-12)24(2)3/h4-9,11H,10H2,1-3H3,(H3,20,22,23). The third-order valence-corrected chi connectivity index (χ3v) is 4.06. The third-order valence-electron chi connectivity index (χ3n) is 3.49.